The molecule has 0 heterocycles. The molecule has 0 bridgehead atoms. The van der Waals surface area contributed by atoms with Gasteiger partial charge in [0.1, 0.15) is 0 Å². The SMILES string of the molecule is CC(=O)Nc1ccc(NC(=S)NC(=O)/C=C/c2ccccc2Cl)cc1. The lowest BCUT2D eigenvalue weighted by atomic mass is 10.2. The lowest BCUT2D eigenvalue weighted by molar-refractivity contribution is -0.115. The molecule has 7 heteroatoms. The van der Waals surface area contributed by atoms with Crippen molar-refractivity contribution in [3.63, 3.8) is 0 Å². The normalized spacial score (nSPS) is 10.3. The van der Waals surface area contributed by atoms with Crippen LogP contribution in [0.3, 0.4) is 0 Å². The minimum absolute atomic E-state index is 0.145. The Bertz CT molecular complexity index is 819. The number of nitrogens with one attached hydrogen (secondary N) is 3. The summed E-state index contributed by atoms with van der Waals surface area (Å²) >= 11 is 11.1. The predicted molar refractivity (Wildman–Crippen MR) is 106 cm³/mol. The first-order valence-corrected chi connectivity index (χ1v) is 8.15. The summed E-state index contributed by atoms with van der Waals surface area (Å²) in [7, 11) is 0. The minimum Gasteiger partial charge on any atom is -0.332 e. The van der Waals surface area contributed by atoms with Gasteiger partial charge in [-0.15, -0.1) is 0 Å². The third kappa shape index (κ3) is 6.37. The molecule has 3 N–H and O–H groups in total. The molecule has 0 aliphatic heterocycles. The molecule has 2 aromatic rings. The van der Waals surface area contributed by atoms with Crippen LogP contribution in [0.15, 0.2) is 54.6 Å². The van der Waals surface area contributed by atoms with Crippen LogP contribution in [0.1, 0.15) is 12.5 Å². The zero-order valence-electron chi connectivity index (χ0n) is 13.4. The van der Waals surface area contributed by atoms with Crippen molar-refractivity contribution < 1.29 is 9.59 Å². The van der Waals surface area contributed by atoms with E-state index in [-0.39, 0.29) is 16.9 Å². The zero-order chi connectivity index (χ0) is 18.2. The fourth-order valence-electron chi connectivity index (χ4n) is 1.93. The second-order valence-corrected chi connectivity index (χ2v) is 5.87. The van der Waals surface area contributed by atoms with Crippen LogP contribution in [0.2, 0.25) is 5.02 Å². The first-order valence-electron chi connectivity index (χ1n) is 7.36. The van der Waals surface area contributed by atoms with Gasteiger partial charge in [0.2, 0.25) is 11.8 Å². The van der Waals surface area contributed by atoms with Crippen molar-refractivity contribution in [1.82, 2.24) is 5.32 Å². The van der Waals surface area contributed by atoms with Gasteiger partial charge in [0.15, 0.2) is 5.11 Å². The number of hydrogen-bond acceptors (Lipinski definition) is 3. The maximum Gasteiger partial charge on any atom is 0.250 e. The maximum absolute atomic E-state index is 11.9. The smallest absolute Gasteiger partial charge is 0.250 e. The molecule has 2 aromatic carbocycles. The van der Waals surface area contributed by atoms with Crippen LogP contribution in [-0.4, -0.2) is 16.9 Å². The van der Waals surface area contributed by atoms with E-state index in [9.17, 15) is 9.59 Å². The Kier molecular flexibility index (Phi) is 6.68. The molecular weight excluding hydrogens is 358 g/mol. The summed E-state index contributed by atoms with van der Waals surface area (Å²) in [5.74, 6) is -0.513. The molecule has 25 heavy (non-hydrogen) atoms. The molecule has 0 saturated heterocycles. The zero-order valence-corrected chi connectivity index (χ0v) is 14.9. The summed E-state index contributed by atoms with van der Waals surface area (Å²) in [4.78, 5) is 22.9. The predicted octanol–water partition coefficient (Wildman–Crippen LogP) is 3.82. The molecule has 0 fully saturated rings. The highest BCUT2D eigenvalue weighted by Gasteiger charge is 2.03. The number of thiocarbonyl (C=S) groups is 1. The van der Waals surface area contributed by atoms with E-state index in [1.807, 2.05) is 12.1 Å². The van der Waals surface area contributed by atoms with E-state index in [0.29, 0.717) is 16.4 Å². The molecule has 0 aliphatic rings. The molecule has 0 radical (unpaired) electrons. The van der Waals surface area contributed by atoms with Gasteiger partial charge >= 0.3 is 0 Å². The molecule has 0 atom stereocenters. The van der Waals surface area contributed by atoms with Gasteiger partial charge in [0.05, 0.1) is 0 Å². The Morgan fingerprint density at radius 2 is 1.60 bits per heavy atom. The number of anilines is 2. The van der Waals surface area contributed by atoms with Crippen molar-refractivity contribution in [1.29, 1.82) is 0 Å². The molecule has 0 aromatic heterocycles. The topological polar surface area (TPSA) is 70.2 Å². The lowest BCUT2D eigenvalue weighted by Gasteiger charge is -2.09. The quantitative estimate of drug-likeness (QED) is 0.562. The van der Waals surface area contributed by atoms with E-state index in [2.05, 4.69) is 16.0 Å². The van der Waals surface area contributed by atoms with E-state index in [1.165, 1.54) is 13.0 Å². The average molecular weight is 374 g/mol. The van der Waals surface area contributed by atoms with Crippen LogP contribution in [-0.2, 0) is 9.59 Å². The molecule has 0 unspecified atom stereocenters. The standard InChI is InChI=1S/C18H16ClN3O2S/c1-12(23)20-14-7-9-15(10-8-14)21-18(25)22-17(24)11-6-13-4-2-3-5-16(13)19/h2-11H,1H3,(H,20,23)(H2,21,22,24,25)/b11-6+. The second-order valence-electron chi connectivity index (χ2n) is 5.06. The van der Waals surface area contributed by atoms with Gasteiger partial charge in [0, 0.05) is 29.4 Å². The number of hydrogen-bond donors (Lipinski definition) is 3. The van der Waals surface area contributed by atoms with Gasteiger partial charge in [-0.3, -0.25) is 14.9 Å². The van der Waals surface area contributed by atoms with Crippen molar-refractivity contribution in [2.75, 3.05) is 10.6 Å². The second kappa shape index (κ2) is 8.96. The van der Waals surface area contributed by atoms with Gasteiger partial charge in [-0.1, -0.05) is 29.8 Å². The Labute approximate surface area is 156 Å². The average Bonchev–Trinajstić information content (AvgIpc) is 2.55. The van der Waals surface area contributed by atoms with Crippen LogP contribution in [0.5, 0.6) is 0 Å². The molecule has 2 rings (SSSR count). The van der Waals surface area contributed by atoms with E-state index in [0.717, 1.165) is 5.56 Å². The van der Waals surface area contributed by atoms with Crippen LogP contribution in [0.25, 0.3) is 6.08 Å². The van der Waals surface area contributed by atoms with Crippen molar-refractivity contribution in [2.24, 2.45) is 0 Å². The fourth-order valence-corrected chi connectivity index (χ4v) is 2.35. The summed E-state index contributed by atoms with van der Waals surface area (Å²) in [6, 6.07) is 14.1. The Morgan fingerprint density at radius 3 is 2.20 bits per heavy atom. The van der Waals surface area contributed by atoms with E-state index in [1.54, 1.807) is 42.5 Å². The van der Waals surface area contributed by atoms with Crippen LogP contribution < -0.4 is 16.0 Å². The minimum atomic E-state index is -0.368. The van der Waals surface area contributed by atoms with Crippen molar-refractivity contribution in [3.05, 3.63) is 65.2 Å². The number of carbonyl (C=O) groups excluding carboxylic acids is 2. The highest BCUT2D eigenvalue weighted by atomic mass is 35.5. The first-order chi connectivity index (χ1) is 11.9. The lowest BCUT2D eigenvalue weighted by Crippen LogP contribution is -2.32. The largest absolute Gasteiger partial charge is 0.332 e. The number of rotatable bonds is 4. The Hall–Kier alpha value is -2.70. The highest BCUT2D eigenvalue weighted by molar-refractivity contribution is 7.80. The third-order valence-corrected chi connectivity index (χ3v) is 3.57. The highest BCUT2D eigenvalue weighted by Crippen LogP contribution is 2.16. The van der Waals surface area contributed by atoms with Gasteiger partial charge in [-0.2, -0.15) is 0 Å². The molecule has 0 spiro atoms. The number of amides is 2. The Balaban J connectivity index is 1.88. The molecule has 0 saturated carbocycles. The van der Waals surface area contributed by atoms with Crippen molar-refractivity contribution >= 4 is 58.2 Å². The Morgan fingerprint density at radius 1 is 1.00 bits per heavy atom. The molecule has 2 amide bonds. The monoisotopic (exact) mass is 373 g/mol. The first kappa shape index (κ1) is 18.6. The summed E-state index contributed by atoms with van der Waals surface area (Å²) < 4.78 is 0. The number of carbonyl (C=O) groups is 2. The molecule has 5 nitrogen and oxygen atoms in total. The van der Waals surface area contributed by atoms with Crippen molar-refractivity contribution in [2.45, 2.75) is 6.92 Å². The summed E-state index contributed by atoms with van der Waals surface area (Å²) in [6.07, 6.45) is 2.97. The third-order valence-electron chi connectivity index (χ3n) is 3.02. The van der Waals surface area contributed by atoms with E-state index in [4.69, 9.17) is 23.8 Å². The number of halogens is 1. The van der Waals surface area contributed by atoms with Crippen LogP contribution >= 0.6 is 23.8 Å². The van der Waals surface area contributed by atoms with E-state index >= 15 is 0 Å². The van der Waals surface area contributed by atoms with Gasteiger partial charge < -0.3 is 10.6 Å². The van der Waals surface area contributed by atoms with Crippen LogP contribution in [0, 0.1) is 0 Å². The van der Waals surface area contributed by atoms with E-state index < -0.39 is 0 Å². The maximum atomic E-state index is 11.9. The van der Waals surface area contributed by atoms with Gasteiger partial charge in [0.25, 0.3) is 0 Å². The summed E-state index contributed by atoms with van der Waals surface area (Å²) in [5.41, 5.74) is 2.11. The van der Waals surface area contributed by atoms with Crippen molar-refractivity contribution in [3.8, 4) is 0 Å². The summed E-state index contributed by atoms with van der Waals surface area (Å²) in [6.45, 7) is 1.44. The molecular formula is C18H16ClN3O2S. The van der Waals surface area contributed by atoms with Gasteiger partial charge in [-0.25, -0.2) is 0 Å². The number of benzene rings is 2. The summed E-state index contributed by atoms with van der Waals surface area (Å²) in [5, 5.41) is 8.83. The van der Waals surface area contributed by atoms with Crippen LogP contribution in [0.4, 0.5) is 11.4 Å². The fraction of sp³-hybridized carbons (Fsp3) is 0.0556. The molecule has 0 aliphatic carbocycles. The molecule has 128 valence electrons. The van der Waals surface area contributed by atoms with Gasteiger partial charge in [-0.05, 0) is 54.2 Å².